The topological polar surface area (TPSA) is 0 Å². The maximum atomic E-state index is 2.45. The van der Waals surface area contributed by atoms with Crippen molar-refractivity contribution in [3.05, 3.63) is 81.0 Å². The number of benzene rings is 2. The Labute approximate surface area is 153 Å². The van der Waals surface area contributed by atoms with Crippen LogP contribution in [-0.2, 0) is 11.8 Å². The molecule has 0 bridgehead atoms. The Morgan fingerprint density at radius 3 is 2.52 bits per heavy atom. The van der Waals surface area contributed by atoms with Crippen molar-refractivity contribution >= 4 is 22.6 Å². The summed E-state index contributed by atoms with van der Waals surface area (Å²) in [7, 11) is 0. The standard InChI is InChI=1S/C22H23I/c1-4-8-20(23)15-19-13-18-12-11-17(14-21(18)22(19,2)3)16-9-6-5-7-10-16/h5-12,14-15H,4,13H2,1-3H3/b19-15+,20-8+. The van der Waals surface area contributed by atoms with Crippen molar-refractivity contribution in [3.63, 3.8) is 0 Å². The van der Waals surface area contributed by atoms with E-state index in [2.05, 4.69) is 104 Å². The molecule has 0 unspecified atom stereocenters. The average Bonchev–Trinajstić information content (AvgIpc) is 2.79. The third kappa shape index (κ3) is 3.30. The molecule has 0 N–H and O–H groups in total. The first kappa shape index (κ1) is 16.5. The lowest BCUT2D eigenvalue weighted by molar-refractivity contribution is 0.644. The van der Waals surface area contributed by atoms with Crippen LogP contribution in [0.3, 0.4) is 0 Å². The lowest BCUT2D eigenvalue weighted by atomic mass is 9.81. The molecule has 118 valence electrons. The smallest absolute Gasteiger partial charge is 0.0115 e. The van der Waals surface area contributed by atoms with E-state index in [0.717, 1.165) is 12.8 Å². The highest BCUT2D eigenvalue weighted by molar-refractivity contribution is 14.1. The fraction of sp³-hybridized carbons (Fsp3) is 0.273. The van der Waals surface area contributed by atoms with Crippen molar-refractivity contribution in [2.45, 2.75) is 39.0 Å². The van der Waals surface area contributed by atoms with Crippen LogP contribution < -0.4 is 0 Å². The van der Waals surface area contributed by atoms with E-state index in [9.17, 15) is 0 Å². The highest BCUT2D eigenvalue weighted by Crippen LogP contribution is 2.44. The maximum Gasteiger partial charge on any atom is 0.0115 e. The van der Waals surface area contributed by atoms with Crippen LogP contribution >= 0.6 is 22.6 Å². The number of fused-ring (bicyclic) bond motifs is 1. The van der Waals surface area contributed by atoms with Gasteiger partial charge in [-0.05, 0) is 69.8 Å². The second-order valence-electron chi connectivity index (χ2n) is 6.71. The van der Waals surface area contributed by atoms with Crippen LogP contribution in [0.4, 0.5) is 0 Å². The quantitative estimate of drug-likeness (QED) is 0.482. The highest BCUT2D eigenvalue weighted by atomic mass is 127. The van der Waals surface area contributed by atoms with Crippen molar-refractivity contribution in [2.24, 2.45) is 0 Å². The van der Waals surface area contributed by atoms with Crippen LogP contribution in [0.15, 0.2) is 69.8 Å². The van der Waals surface area contributed by atoms with E-state index >= 15 is 0 Å². The van der Waals surface area contributed by atoms with Gasteiger partial charge in [0.05, 0.1) is 0 Å². The van der Waals surface area contributed by atoms with Crippen molar-refractivity contribution in [1.29, 1.82) is 0 Å². The van der Waals surface area contributed by atoms with Gasteiger partial charge < -0.3 is 0 Å². The van der Waals surface area contributed by atoms with Crippen LogP contribution in [-0.4, -0.2) is 0 Å². The van der Waals surface area contributed by atoms with E-state index < -0.39 is 0 Å². The molecular formula is C22H23I. The first-order valence-electron chi connectivity index (χ1n) is 8.28. The zero-order valence-electron chi connectivity index (χ0n) is 14.1. The molecule has 0 aromatic heterocycles. The molecule has 2 aromatic rings. The molecular weight excluding hydrogens is 391 g/mol. The van der Waals surface area contributed by atoms with Crippen LogP contribution in [0.2, 0.25) is 0 Å². The summed E-state index contributed by atoms with van der Waals surface area (Å²) in [6.07, 6.45) is 6.84. The first-order chi connectivity index (χ1) is 11.0. The Hall–Kier alpha value is -1.35. The Kier molecular flexibility index (Phi) is 4.77. The van der Waals surface area contributed by atoms with Gasteiger partial charge in [-0.1, -0.05) is 74.9 Å². The van der Waals surface area contributed by atoms with Gasteiger partial charge in [0.1, 0.15) is 0 Å². The molecule has 0 aliphatic heterocycles. The predicted octanol–water partition coefficient (Wildman–Crippen LogP) is 6.84. The molecule has 1 aliphatic carbocycles. The van der Waals surface area contributed by atoms with Gasteiger partial charge >= 0.3 is 0 Å². The zero-order chi connectivity index (χ0) is 16.4. The minimum Gasteiger partial charge on any atom is -0.0714 e. The predicted molar refractivity (Wildman–Crippen MR) is 109 cm³/mol. The fourth-order valence-electron chi connectivity index (χ4n) is 3.37. The Balaban J connectivity index is 2.02. The van der Waals surface area contributed by atoms with Crippen molar-refractivity contribution < 1.29 is 0 Å². The molecule has 3 rings (SSSR count). The second-order valence-corrected chi connectivity index (χ2v) is 7.95. The van der Waals surface area contributed by atoms with Crippen molar-refractivity contribution in [2.75, 3.05) is 0 Å². The van der Waals surface area contributed by atoms with Gasteiger partial charge in [-0.25, -0.2) is 0 Å². The molecule has 1 heteroatoms. The fourth-order valence-corrected chi connectivity index (χ4v) is 4.19. The minimum atomic E-state index is 0.109. The zero-order valence-corrected chi connectivity index (χ0v) is 16.2. The van der Waals surface area contributed by atoms with Gasteiger partial charge in [0.25, 0.3) is 0 Å². The number of hydrogen-bond donors (Lipinski definition) is 0. The third-order valence-electron chi connectivity index (χ3n) is 4.79. The summed E-state index contributed by atoms with van der Waals surface area (Å²) in [5.74, 6) is 0. The number of rotatable bonds is 3. The normalized spacial score (nSPS) is 18.3. The Morgan fingerprint density at radius 2 is 1.83 bits per heavy atom. The number of hydrogen-bond acceptors (Lipinski definition) is 0. The molecule has 0 fully saturated rings. The monoisotopic (exact) mass is 414 g/mol. The van der Waals surface area contributed by atoms with E-state index in [0.29, 0.717) is 0 Å². The highest BCUT2D eigenvalue weighted by Gasteiger charge is 2.34. The number of allylic oxidation sites excluding steroid dienone is 4. The molecule has 0 heterocycles. The van der Waals surface area contributed by atoms with E-state index in [1.165, 1.54) is 31.4 Å². The van der Waals surface area contributed by atoms with Crippen LogP contribution in [0.25, 0.3) is 11.1 Å². The van der Waals surface area contributed by atoms with Gasteiger partial charge in [0.2, 0.25) is 0 Å². The van der Waals surface area contributed by atoms with Gasteiger partial charge in [0, 0.05) is 8.99 Å². The van der Waals surface area contributed by atoms with E-state index in [4.69, 9.17) is 0 Å². The van der Waals surface area contributed by atoms with E-state index in [1.54, 1.807) is 0 Å². The lowest BCUT2D eigenvalue weighted by Gasteiger charge is -2.22. The largest absolute Gasteiger partial charge is 0.0714 e. The molecule has 0 radical (unpaired) electrons. The maximum absolute atomic E-state index is 2.45. The third-order valence-corrected chi connectivity index (χ3v) is 5.54. The summed E-state index contributed by atoms with van der Waals surface area (Å²) in [6.45, 7) is 6.91. The van der Waals surface area contributed by atoms with Gasteiger partial charge in [-0.15, -0.1) is 0 Å². The molecule has 23 heavy (non-hydrogen) atoms. The van der Waals surface area contributed by atoms with Gasteiger partial charge in [0.15, 0.2) is 0 Å². The van der Waals surface area contributed by atoms with Crippen LogP contribution in [0.5, 0.6) is 0 Å². The number of halogens is 1. The molecule has 0 saturated carbocycles. The van der Waals surface area contributed by atoms with Crippen molar-refractivity contribution in [3.8, 4) is 11.1 Å². The van der Waals surface area contributed by atoms with E-state index in [-0.39, 0.29) is 5.41 Å². The Bertz CT molecular complexity index is 764. The summed E-state index contributed by atoms with van der Waals surface area (Å²) < 4.78 is 1.35. The molecule has 0 saturated heterocycles. The Morgan fingerprint density at radius 1 is 1.09 bits per heavy atom. The van der Waals surface area contributed by atoms with Gasteiger partial charge in [-0.2, -0.15) is 0 Å². The van der Waals surface area contributed by atoms with E-state index in [1.807, 2.05) is 0 Å². The summed E-state index contributed by atoms with van der Waals surface area (Å²) in [4.78, 5) is 0. The summed E-state index contributed by atoms with van der Waals surface area (Å²) in [6, 6.07) is 17.6. The summed E-state index contributed by atoms with van der Waals surface area (Å²) in [5.41, 5.74) is 7.19. The molecule has 0 nitrogen and oxygen atoms in total. The average molecular weight is 414 g/mol. The molecule has 0 spiro atoms. The SMILES string of the molecule is CC/C=C(I)\C=C1/Cc2ccc(-c3ccccc3)cc2C1(C)C. The second kappa shape index (κ2) is 6.64. The molecule has 0 atom stereocenters. The lowest BCUT2D eigenvalue weighted by Crippen LogP contribution is -2.15. The molecule has 0 amide bonds. The van der Waals surface area contributed by atoms with Crippen LogP contribution in [0.1, 0.15) is 38.3 Å². The molecule has 1 aliphatic rings. The van der Waals surface area contributed by atoms with Gasteiger partial charge in [-0.3, -0.25) is 0 Å². The molecule has 2 aromatic carbocycles. The van der Waals surface area contributed by atoms with Crippen molar-refractivity contribution in [1.82, 2.24) is 0 Å². The first-order valence-corrected chi connectivity index (χ1v) is 9.35. The summed E-state index contributed by atoms with van der Waals surface area (Å²) in [5, 5.41) is 0. The van der Waals surface area contributed by atoms with Crippen LogP contribution in [0, 0.1) is 0 Å². The minimum absolute atomic E-state index is 0.109. The summed E-state index contributed by atoms with van der Waals surface area (Å²) >= 11 is 2.45.